The van der Waals surface area contributed by atoms with Gasteiger partial charge in [0.15, 0.2) is 0 Å². The number of hydrogen-bond donors (Lipinski definition) is 0. The van der Waals surface area contributed by atoms with E-state index in [9.17, 15) is 8.42 Å². The smallest absolute Gasteiger partial charge is 0.243 e. The summed E-state index contributed by atoms with van der Waals surface area (Å²) in [5, 5.41) is 7.66. The molecule has 2 aliphatic rings. The van der Waals surface area contributed by atoms with Gasteiger partial charge in [-0.2, -0.15) is 4.31 Å². The lowest BCUT2D eigenvalue weighted by Crippen LogP contribution is -2.51. The van der Waals surface area contributed by atoms with Gasteiger partial charge in [-0.25, -0.2) is 8.42 Å². The van der Waals surface area contributed by atoms with E-state index in [0.717, 1.165) is 17.7 Å². The Labute approximate surface area is 128 Å². The second-order valence-corrected chi connectivity index (χ2v) is 7.62. The first kappa shape index (κ1) is 13.7. The maximum Gasteiger partial charge on any atom is 0.243 e. The lowest BCUT2D eigenvalue weighted by atomic mass is 10.0. The molecule has 0 spiro atoms. The minimum atomic E-state index is -3.40. The first-order valence-electron chi connectivity index (χ1n) is 7.23. The van der Waals surface area contributed by atoms with E-state index in [2.05, 4.69) is 10.3 Å². The summed E-state index contributed by atoms with van der Waals surface area (Å²) in [7, 11) is -3.40. The van der Waals surface area contributed by atoms with Crippen molar-refractivity contribution in [2.75, 3.05) is 19.7 Å². The van der Waals surface area contributed by atoms with E-state index in [1.165, 1.54) is 4.31 Å². The minimum Gasteiger partial charge on any atom is -0.493 e. The summed E-state index contributed by atoms with van der Waals surface area (Å²) >= 11 is 0. The summed E-state index contributed by atoms with van der Waals surface area (Å²) in [5.41, 5.74) is 0.973. The predicted molar refractivity (Wildman–Crippen MR) is 77.9 cm³/mol. The molecule has 7 nitrogen and oxygen atoms in total. The Morgan fingerprint density at radius 3 is 2.95 bits per heavy atom. The zero-order valence-corrected chi connectivity index (χ0v) is 12.7. The van der Waals surface area contributed by atoms with Gasteiger partial charge in [0.2, 0.25) is 10.0 Å². The van der Waals surface area contributed by atoms with Gasteiger partial charge in [-0.15, -0.1) is 5.10 Å². The summed E-state index contributed by atoms with van der Waals surface area (Å²) in [6.45, 7) is 2.37. The highest BCUT2D eigenvalue weighted by atomic mass is 32.2. The number of ether oxygens (including phenoxy) is 1. The second-order valence-electron chi connectivity index (χ2n) is 5.68. The lowest BCUT2D eigenvalue weighted by Gasteiger charge is -2.37. The monoisotopic (exact) mass is 320 g/mol. The third kappa shape index (κ3) is 2.28. The largest absolute Gasteiger partial charge is 0.493 e. The molecule has 0 aliphatic carbocycles. The zero-order valence-electron chi connectivity index (χ0n) is 11.9. The van der Waals surface area contributed by atoms with Crippen LogP contribution in [-0.2, 0) is 23.0 Å². The van der Waals surface area contributed by atoms with E-state index in [4.69, 9.17) is 4.74 Å². The number of nitrogens with zero attached hydrogens (tertiary/aromatic N) is 4. The number of aromatic nitrogens is 3. The summed E-state index contributed by atoms with van der Waals surface area (Å²) in [6, 6.07) is 5.12. The molecule has 0 N–H and O–H groups in total. The first-order valence-corrected chi connectivity index (χ1v) is 8.67. The molecule has 3 heterocycles. The van der Waals surface area contributed by atoms with Gasteiger partial charge in [0.05, 0.1) is 17.7 Å². The molecule has 0 saturated carbocycles. The van der Waals surface area contributed by atoms with Gasteiger partial charge in [-0.1, -0.05) is 5.21 Å². The molecule has 2 aliphatic heterocycles. The molecular weight excluding hydrogens is 304 g/mol. The van der Waals surface area contributed by atoms with Crippen LogP contribution >= 0.6 is 0 Å². The van der Waals surface area contributed by atoms with Crippen molar-refractivity contribution in [3.05, 3.63) is 36.2 Å². The predicted octanol–water partition coefficient (Wildman–Crippen LogP) is 0.534. The fourth-order valence-electron chi connectivity index (χ4n) is 2.90. The van der Waals surface area contributed by atoms with Gasteiger partial charge < -0.3 is 4.74 Å². The van der Waals surface area contributed by atoms with Crippen LogP contribution in [0.3, 0.4) is 0 Å². The molecule has 22 heavy (non-hydrogen) atoms. The van der Waals surface area contributed by atoms with E-state index in [-0.39, 0.29) is 5.92 Å². The van der Waals surface area contributed by atoms with Crippen LogP contribution in [0.25, 0.3) is 0 Å². The van der Waals surface area contributed by atoms with E-state index in [1.54, 1.807) is 35.3 Å². The molecular formula is C14H16N4O3S. The Morgan fingerprint density at radius 1 is 1.32 bits per heavy atom. The maximum absolute atomic E-state index is 12.6. The highest BCUT2D eigenvalue weighted by Crippen LogP contribution is 2.31. The molecule has 1 aromatic carbocycles. The van der Waals surface area contributed by atoms with Gasteiger partial charge in [-0.3, -0.25) is 4.68 Å². The van der Waals surface area contributed by atoms with Gasteiger partial charge in [0.25, 0.3) is 0 Å². The molecule has 1 fully saturated rings. The van der Waals surface area contributed by atoms with Crippen molar-refractivity contribution < 1.29 is 13.2 Å². The van der Waals surface area contributed by atoms with Crippen molar-refractivity contribution >= 4 is 10.0 Å². The second kappa shape index (κ2) is 5.06. The quantitative estimate of drug-likeness (QED) is 0.821. The van der Waals surface area contributed by atoms with Gasteiger partial charge >= 0.3 is 0 Å². The van der Waals surface area contributed by atoms with E-state index in [1.807, 2.05) is 0 Å². The van der Waals surface area contributed by atoms with Crippen molar-refractivity contribution in [3.63, 3.8) is 0 Å². The van der Waals surface area contributed by atoms with E-state index in [0.29, 0.717) is 31.1 Å². The maximum atomic E-state index is 12.6. The average molecular weight is 320 g/mol. The van der Waals surface area contributed by atoms with Gasteiger partial charge in [0, 0.05) is 38.2 Å². The molecule has 2 aromatic rings. The number of rotatable bonds is 4. The molecule has 0 unspecified atom stereocenters. The topological polar surface area (TPSA) is 77.3 Å². The Kier molecular flexibility index (Phi) is 3.16. The number of benzene rings is 1. The van der Waals surface area contributed by atoms with Crippen molar-refractivity contribution in [2.45, 2.75) is 17.9 Å². The van der Waals surface area contributed by atoms with Crippen molar-refractivity contribution in [1.82, 2.24) is 19.3 Å². The van der Waals surface area contributed by atoms with Crippen LogP contribution < -0.4 is 4.74 Å². The van der Waals surface area contributed by atoms with Crippen molar-refractivity contribution in [2.24, 2.45) is 5.92 Å². The summed E-state index contributed by atoms with van der Waals surface area (Å²) in [4.78, 5) is 0.357. The molecule has 0 bridgehead atoms. The molecule has 4 rings (SSSR count). The van der Waals surface area contributed by atoms with E-state index >= 15 is 0 Å². The fourth-order valence-corrected chi connectivity index (χ4v) is 4.54. The zero-order chi connectivity index (χ0) is 15.2. The standard InChI is InChI=1S/C14H16N4O3S/c19-22(20,13-1-2-14-12(7-13)3-6-21-14)18-9-11(10-18)8-17-5-4-15-16-17/h1-2,4-5,7,11H,3,6,8-10H2. The molecule has 1 saturated heterocycles. The third-order valence-corrected chi connectivity index (χ3v) is 5.97. The number of hydrogen-bond acceptors (Lipinski definition) is 5. The molecule has 0 amide bonds. The Hall–Kier alpha value is -1.93. The Morgan fingerprint density at radius 2 is 2.18 bits per heavy atom. The van der Waals surface area contributed by atoms with E-state index < -0.39 is 10.0 Å². The molecule has 0 atom stereocenters. The normalized spacial score (nSPS) is 18.7. The molecule has 0 radical (unpaired) electrons. The highest BCUT2D eigenvalue weighted by molar-refractivity contribution is 7.89. The summed E-state index contributed by atoms with van der Waals surface area (Å²) < 4.78 is 33.9. The molecule has 116 valence electrons. The van der Waals surface area contributed by atoms with Crippen LogP contribution in [0.4, 0.5) is 0 Å². The van der Waals surface area contributed by atoms with Crippen molar-refractivity contribution in [3.8, 4) is 5.75 Å². The number of fused-ring (bicyclic) bond motifs is 1. The average Bonchev–Trinajstić information content (AvgIpc) is 3.12. The number of sulfonamides is 1. The SMILES string of the molecule is O=S(=O)(c1ccc2c(c1)CCO2)N1CC(Cn2ccnn2)C1. The lowest BCUT2D eigenvalue weighted by molar-refractivity contribution is 0.174. The molecule has 1 aromatic heterocycles. The van der Waals surface area contributed by atoms with Crippen molar-refractivity contribution in [1.29, 1.82) is 0 Å². The Bertz CT molecular complexity index is 782. The van der Waals surface area contributed by atoms with Crippen LogP contribution in [0.2, 0.25) is 0 Å². The minimum absolute atomic E-state index is 0.286. The Balaban J connectivity index is 1.46. The summed E-state index contributed by atoms with van der Waals surface area (Å²) in [6.07, 6.45) is 4.19. The van der Waals surface area contributed by atoms with Crippen LogP contribution in [0, 0.1) is 5.92 Å². The van der Waals surface area contributed by atoms with Crippen LogP contribution in [0.1, 0.15) is 5.56 Å². The summed E-state index contributed by atoms with van der Waals surface area (Å²) in [5.74, 6) is 1.08. The highest BCUT2D eigenvalue weighted by Gasteiger charge is 2.37. The first-order chi connectivity index (χ1) is 10.6. The third-order valence-electron chi connectivity index (χ3n) is 4.14. The fraction of sp³-hybridized carbons (Fsp3) is 0.429. The van der Waals surface area contributed by atoms with Gasteiger partial charge in [0.1, 0.15) is 5.75 Å². The van der Waals surface area contributed by atoms with Crippen LogP contribution in [-0.4, -0.2) is 47.4 Å². The van der Waals surface area contributed by atoms with Gasteiger partial charge in [-0.05, 0) is 23.8 Å². The molecule has 8 heteroatoms. The van der Waals surface area contributed by atoms with Crippen LogP contribution in [0.15, 0.2) is 35.5 Å². The van der Waals surface area contributed by atoms with Crippen LogP contribution in [0.5, 0.6) is 5.75 Å².